The molecule has 1 unspecified atom stereocenters. The van der Waals surface area contributed by atoms with Crippen molar-refractivity contribution in [2.45, 2.75) is 18.2 Å². The van der Waals surface area contributed by atoms with Gasteiger partial charge in [0.2, 0.25) is 0 Å². The van der Waals surface area contributed by atoms with Gasteiger partial charge in [-0.1, -0.05) is 18.2 Å². The fourth-order valence-electron chi connectivity index (χ4n) is 4.16. The quantitative estimate of drug-likeness (QED) is 0.514. The van der Waals surface area contributed by atoms with Crippen LogP contribution < -0.4 is 0 Å². The van der Waals surface area contributed by atoms with Crippen LogP contribution in [-0.2, 0) is 20.3 Å². The van der Waals surface area contributed by atoms with Crippen LogP contribution in [0.4, 0.5) is 4.39 Å². The van der Waals surface area contributed by atoms with Crippen LogP contribution >= 0.6 is 0 Å². The second-order valence-electron chi connectivity index (χ2n) is 8.22. The highest BCUT2D eigenvalue weighted by Crippen LogP contribution is 2.44. The first-order valence-electron chi connectivity index (χ1n) is 10.8. The number of ether oxygens (including phenoxy) is 1. The molecule has 1 amide bonds. The van der Waals surface area contributed by atoms with E-state index in [4.69, 9.17) is 4.74 Å². The third-order valence-corrected chi connectivity index (χ3v) is 6.97. The van der Waals surface area contributed by atoms with Crippen LogP contribution in [0.2, 0.25) is 0 Å². The summed E-state index contributed by atoms with van der Waals surface area (Å²) in [7, 11) is -1.06. The van der Waals surface area contributed by atoms with Gasteiger partial charge >= 0.3 is 0 Å². The van der Waals surface area contributed by atoms with E-state index in [0.717, 1.165) is 32.2 Å². The summed E-state index contributed by atoms with van der Waals surface area (Å²) in [6.45, 7) is 4.46. The summed E-state index contributed by atoms with van der Waals surface area (Å²) in [5.74, 6) is -0.821. The van der Waals surface area contributed by atoms with E-state index in [-0.39, 0.29) is 18.9 Å². The Bertz CT molecular complexity index is 1140. The first-order valence-corrected chi connectivity index (χ1v) is 12.3. The molecule has 0 saturated carbocycles. The summed E-state index contributed by atoms with van der Waals surface area (Å²) < 4.78 is 31.1. The predicted molar refractivity (Wildman–Crippen MR) is 126 cm³/mol. The van der Waals surface area contributed by atoms with Gasteiger partial charge in [-0.3, -0.25) is 19.1 Å². The molecule has 1 N–H and O–H groups in total. The number of allylic oxidation sites excluding steroid dienone is 2. The van der Waals surface area contributed by atoms with Crippen molar-refractivity contribution < 1.29 is 23.3 Å². The second kappa shape index (κ2) is 10.1. The minimum atomic E-state index is -1.06. The maximum Gasteiger partial charge on any atom is 0.251 e. The van der Waals surface area contributed by atoms with E-state index >= 15 is 0 Å². The molecule has 1 fully saturated rings. The molecule has 0 aromatic heterocycles. The van der Waals surface area contributed by atoms with Crippen LogP contribution in [-0.4, -0.2) is 64.5 Å². The van der Waals surface area contributed by atoms with Crippen LogP contribution in [0, 0.1) is 5.82 Å². The van der Waals surface area contributed by atoms with Crippen LogP contribution in [0.5, 0.6) is 0 Å². The van der Waals surface area contributed by atoms with E-state index in [2.05, 4.69) is 0 Å². The maximum absolute atomic E-state index is 14.1. The minimum absolute atomic E-state index is 0.0335. The molecule has 0 radical (unpaired) electrons. The zero-order valence-corrected chi connectivity index (χ0v) is 19.5. The second-order valence-corrected chi connectivity index (χ2v) is 9.60. The maximum atomic E-state index is 14.1. The molecule has 8 heteroatoms. The number of nitrogens with zero attached hydrogens (tertiary/aromatic N) is 2. The summed E-state index contributed by atoms with van der Waals surface area (Å²) in [6, 6.07) is 12.0. The average molecular weight is 471 g/mol. The van der Waals surface area contributed by atoms with E-state index in [9.17, 15) is 18.6 Å². The molecule has 1 aliphatic carbocycles. The molecule has 1 heterocycles. The minimum Gasteiger partial charge on any atom is -0.379 e. The van der Waals surface area contributed by atoms with Gasteiger partial charge in [-0.15, -0.1) is 0 Å². The Morgan fingerprint density at radius 3 is 2.55 bits per heavy atom. The highest BCUT2D eigenvalue weighted by molar-refractivity contribution is 7.84. The topological polar surface area (TPSA) is 70.1 Å². The average Bonchev–Trinajstić information content (AvgIpc) is 3.05. The zero-order chi connectivity index (χ0) is 23.5. The number of fused-ring (bicyclic) bond motifs is 1. The van der Waals surface area contributed by atoms with E-state index in [1.807, 2.05) is 42.2 Å². The van der Waals surface area contributed by atoms with Crippen molar-refractivity contribution in [1.82, 2.24) is 9.96 Å². The van der Waals surface area contributed by atoms with Gasteiger partial charge in [0.25, 0.3) is 5.91 Å². The van der Waals surface area contributed by atoms with Crippen LogP contribution in [0.1, 0.15) is 30.0 Å². The van der Waals surface area contributed by atoms with Crippen molar-refractivity contribution in [2.24, 2.45) is 0 Å². The number of benzene rings is 2. The Hall–Kier alpha value is -2.65. The molecule has 0 spiro atoms. The number of hydrogen-bond donors (Lipinski definition) is 1. The van der Waals surface area contributed by atoms with Gasteiger partial charge in [0.15, 0.2) is 0 Å². The molecular weight excluding hydrogens is 443 g/mol. The van der Waals surface area contributed by atoms with E-state index in [1.165, 1.54) is 12.1 Å². The monoisotopic (exact) mass is 470 g/mol. The molecule has 33 heavy (non-hydrogen) atoms. The van der Waals surface area contributed by atoms with Gasteiger partial charge in [-0.2, -0.15) is 0 Å². The standard InChI is InChI=1S/C25H27FN2O4S/c1-17-22(13-18-3-6-20(7-4-18)33(2)31)21-8-5-19(26)14-24(21)23(17)15-25(29)28(30)16-27-9-11-32-12-10-27/h3-8,13-14,30H,9-12,15-16H2,1-2H3/b22-13-. The fourth-order valence-corrected chi connectivity index (χ4v) is 4.68. The van der Waals surface area contributed by atoms with E-state index in [0.29, 0.717) is 37.4 Å². The fraction of sp³-hybridized carbons (Fsp3) is 0.320. The van der Waals surface area contributed by atoms with Crippen molar-refractivity contribution >= 4 is 33.9 Å². The molecule has 1 saturated heterocycles. The molecule has 2 aromatic rings. The third kappa shape index (κ3) is 5.30. The molecule has 1 atom stereocenters. The van der Waals surface area contributed by atoms with Crippen LogP contribution in [0.15, 0.2) is 52.9 Å². The lowest BCUT2D eigenvalue weighted by Crippen LogP contribution is -2.44. The van der Waals surface area contributed by atoms with Crippen molar-refractivity contribution in [3.8, 4) is 0 Å². The number of morpholine rings is 1. The lowest BCUT2D eigenvalue weighted by atomic mass is 10.0. The summed E-state index contributed by atoms with van der Waals surface area (Å²) in [4.78, 5) is 15.5. The highest BCUT2D eigenvalue weighted by atomic mass is 32.2. The van der Waals surface area contributed by atoms with Gasteiger partial charge in [0, 0.05) is 35.0 Å². The highest BCUT2D eigenvalue weighted by Gasteiger charge is 2.27. The smallest absolute Gasteiger partial charge is 0.251 e. The molecule has 174 valence electrons. The van der Waals surface area contributed by atoms with Crippen molar-refractivity contribution in [1.29, 1.82) is 0 Å². The number of amides is 1. The Kier molecular flexibility index (Phi) is 7.19. The molecular formula is C25H27FN2O4S. The van der Waals surface area contributed by atoms with Gasteiger partial charge in [0.1, 0.15) is 12.5 Å². The summed E-state index contributed by atoms with van der Waals surface area (Å²) >= 11 is 0. The summed E-state index contributed by atoms with van der Waals surface area (Å²) in [5, 5.41) is 11.1. The first-order chi connectivity index (χ1) is 15.8. The third-order valence-electron chi connectivity index (χ3n) is 6.03. The van der Waals surface area contributed by atoms with Gasteiger partial charge in [0.05, 0.1) is 19.6 Å². The van der Waals surface area contributed by atoms with Crippen molar-refractivity contribution in [2.75, 3.05) is 39.2 Å². The van der Waals surface area contributed by atoms with Crippen LogP contribution in [0.25, 0.3) is 17.2 Å². The summed E-state index contributed by atoms with van der Waals surface area (Å²) in [5.41, 5.74) is 4.89. The van der Waals surface area contributed by atoms with Crippen molar-refractivity contribution in [3.05, 3.63) is 70.5 Å². The van der Waals surface area contributed by atoms with Gasteiger partial charge < -0.3 is 4.74 Å². The van der Waals surface area contributed by atoms with Gasteiger partial charge in [-0.25, -0.2) is 9.45 Å². The number of carbonyl (C=O) groups is 1. The SMILES string of the molecule is CC1=C(CC(=O)N(O)CN2CCOCC2)c2cc(F)ccc2/C1=C\c1ccc(S(C)=O)cc1. The largest absolute Gasteiger partial charge is 0.379 e. The lowest BCUT2D eigenvalue weighted by molar-refractivity contribution is -0.175. The summed E-state index contributed by atoms with van der Waals surface area (Å²) in [6.07, 6.45) is 3.58. The number of rotatable bonds is 6. The normalized spacial score (nSPS) is 18.5. The van der Waals surface area contributed by atoms with E-state index in [1.54, 1.807) is 12.3 Å². The lowest BCUT2D eigenvalue weighted by Gasteiger charge is -2.29. The number of halogens is 1. The van der Waals surface area contributed by atoms with Crippen molar-refractivity contribution in [3.63, 3.8) is 0 Å². The van der Waals surface area contributed by atoms with Gasteiger partial charge in [-0.05, 0) is 70.7 Å². The molecule has 2 aromatic carbocycles. The molecule has 1 aliphatic heterocycles. The molecule has 2 aliphatic rings. The van der Waals surface area contributed by atoms with Crippen LogP contribution in [0.3, 0.4) is 0 Å². The Balaban J connectivity index is 1.61. The first kappa shape index (κ1) is 23.5. The van der Waals surface area contributed by atoms with E-state index < -0.39 is 16.7 Å². The molecule has 6 nitrogen and oxygen atoms in total. The Morgan fingerprint density at radius 1 is 1.18 bits per heavy atom. The number of hydrogen-bond acceptors (Lipinski definition) is 5. The number of carbonyl (C=O) groups excluding carboxylic acids is 1. The zero-order valence-electron chi connectivity index (χ0n) is 18.7. The predicted octanol–water partition coefficient (Wildman–Crippen LogP) is 3.79. The molecule has 0 bridgehead atoms. The molecule has 4 rings (SSSR count). The Morgan fingerprint density at radius 2 is 1.88 bits per heavy atom. The number of hydroxylamine groups is 2. The Labute approximate surface area is 195 Å².